The molecule has 0 saturated heterocycles. The summed E-state index contributed by atoms with van der Waals surface area (Å²) < 4.78 is 11.6. The summed E-state index contributed by atoms with van der Waals surface area (Å²) in [7, 11) is 0. The van der Waals surface area contributed by atoms with Crippen LogP contribution in [0.4, 0.5) is 0 Å². The minimum absolute atomic E-state index is 0.910. The Morgan fingerprint density at radius 1 is 0.439 bits per heavy atom. The van der Waals surface area contributed by atoms with Gasteiger partial charge in [0, 0.05) is 43.7 Å². The number of para-hydroxylation sites is 2. The van der Waals surface area contributed by atoms with E-state index in [1.54, 1.807) is 0 Å². The van der Waals surface area contributed by atoms with E-state index in [1.165, 1.54) is 49.2 Å². The molecule has 9 rings (SSSR count). The van der Waals surface area contributed by atoms with Gasteiger partial charge < -0.3 is 13.6 Å². The van der Waals surface area contributed by atoms with Gasteiger partial charge in [0.05, 0.1) is 22.1 Å². The van der Waals surface area contributed by atoms with Gasteiger partial charge in [-0.05, 0) is 68.4 Å². The van der Waals surface area contributed by atoms with Crippen molar-refractivity contribution in [3.8, 4) is 11.4 Å². The zero-order valence-electron chi connectivity index (χ0n) is 22.8. The normalized spacial score (nSPS) is 12.1. The molecular weight excluding hydrogens is 500 g/mol. The predicted molar refractivity (Wildman–Crippen MR) is 172 cm³/mol. The van der Waals surface area contributed by atoms with E-state index < -0.39 is 0 Å². The Hall–Kier alpha value is -5.28. The first-order valence-corrected chi connectivity index (χ1v) is 14.1. The van der Waals surface area contributed by atoms with Gasteiger partial charge in [-0.3, -0.25) is 0 Å². The molecule has 9 aromatic rings. The van der Waals surface area contributed by atoms with Crippen LogP contribution < -0.4 is 0 Å². The number of aryl methyl sites for hydroxylation is 2. The fraction of sp³-hybridized carbons (Fsp3) is 0.0526. The van der Waals surface area contributed by atoms with E-state index in [4.69, 9.17) is 4.42 Å². The third kappa shape index (κ3) is 3.09. The first-order chi connectivity index (χ1) is 20.2. The Morgan fingerprint density at radius 2 is 1.00 bits per heavy atom. The first kappa shape index (κ1) is 22.5. The average Bonchev–Trinajstić information content (AvgIpc) is 3.64. The Kier molecular flexibility index (Phi) is 4.46. The van der Waals surface area contributed by atoms with Gasteiger partial charge in [0.15, 0.2) is 5.58 Å². The summed E-state index contributed by atoms with van der Waals surface area (Å²) in [6, 6.07) is 43.9. The fourth-order valence-corrected chi connectivity index (χ4v) is 6.68. The van der Waals surface area contributed by atoms with E-state index in [0.717, 1.165) is 38.8 Å². The number of fused-ring (bicyclic) bond motifs is 10. The van der Waals surface area contributed by atoms with Crippen molar-refractivity contribution in [1.29, 1.82) is 0 Å². The van der Waals surface area contributed by atoms with Gasteiger partial charge in [-0.25, -0.2) is 0 Å². The highest BCUT2D eigenvalue weighted by Crippen LogP contribution is 2.42. The van der Waals surface area contributed by atoms with E-state index in [-0.39, 0.29) is 0 Å². The molecule has 3 heteroatoms. The van der Waals surface area contributed by atoms with Gasteiger partial charge in [-0.2, -0.15) is 0 Å². The molecule has 0 spiro atoms. The van der Waals surface area contributed by atoms with Crippen LogP contribution in [0.15, 0.2) is 126 Å². The number of hydrogen-bond acceptors (Lipinski definition) is 1. The number of aromatic nitrogens is 2. The average molecular weight is 527 g/mol. The van der Waals surface area contributed by atoms with Crippen LogP contribution in [0.5, 0.6) is 0 Å². The second kappa shape index (κ2) is 8.12. The van der Waals surface area contributed by atoms with Gasteiger partial charge in [-0.15, -0.1) is 0 Å². The van der Waals surface area contributed by atoms with Crippen LogP contribution in [-0.2, 0) is 0 Å². The van der Waals surface area contributed by atoms with Crippen molar-refractivity contribution < 1.29 is 4.42 Å². The molecule has 0 atom stereocenters. The topological polar surface area (TPSA) is 23.0 Å². The number of rotatable bonds is 2. The highest BCUT2D eigenvalue weighted by molar-refractivity contribution is 6.23. The minimum Gasteiger partial charge on any atom is -0.454 e. The molecule has 0 radical (unpaired) electrons. The molecule has 0 N–H and O–H groups in total. The van der Waals surface area contributed by atoms with Gasteiger partial charge in [0.2, 0.25) is 0 Å². The van der Waals surface area contributed by atoms with Crippen molar-refractivity contribution in [3.63, 3.8) is 0 Å². The van der Waals surface area contributed by atoms with Crippen LogP contribution in [0.3, 0.4) is 0 Å². The molecule has 0 aliphatic heterocycles. The van der Waals surface area contributed by atoms with Crippen LogP contribution in [0.2, 0.25) is 0 Å². The van der Waals surface area contributed by atoms with Crippen molar-refractivity contribution in [2.75, 3.05) is 0 Å². The molecule has 0 bridgehead atoms. The van der Waals surface area contributed by atoms with Crippen molar-refractivity contribution in [1.82, 2.24) is 9.13 Å². The van der Waals surface area contributed by atoms with Crippen LogP contribution in [0.25, 0.3) is 76.9 Å². The maximum Gasteiger partial charge on any atom is 0.160 e. The molecule has 3 heterocycles. The Bertz CT molecular complexity index is 2470. The van der Waals surface area contributed by atoms with Crippen molar-refractivity contribution in [2.24, 2.45) is 0 Å². The van der Waals surface area contributed by atoms with Gasteiger partial charge in [0.1, 0.15) is 5.58 Å². The van der Waals surface area contributed by atoms with Crippen molar-refractivity contribution in [3.05, 3.63) is 132 Å². The molecule has 0 fully saturated rings. The smallest absolute Gasteiger partial charge is 0.160 e. The lowest BCUT2D eigenvalue weighted by molar-refractivity contribution is 0.671. The lowest BCUT2D eigenvalue weighted by atomic mass is 10.1. The molecule has 0 aliphatic carbocycles. The van der Waals surface area contributed by atoms with Crippen LogP contribution >= 0.6 is 0 Å². The monoisotopic (exact) mass is 526 g/mol. The fourth-order valence-electron chi connectivity index (χ4n) is 6.68. The summed E-state index contributed by atoms with van der Waals surface area (Å²) in [6.45, 7) is 4.26. The quantitative estimate of drug-likeness (QED) is 0.220. The summed E-state index contributed by atoms with van der Waals surface area (Å²) in [5.74, 6) is 0. The summed E-state index contributed by atoms with van der Waals surface area (Å²) >= 11 is 0. The molecular formula is C38H26N2O. The summed E-state index contributed by atoms with van der Waals surface area (Å²) in [4.78, 5) is 0. The maximum absolute atomic E-state index is 6.84. The molecule has 3 nitrogen and oxygen atoms in total. The van der Waals surface area contributed by atoms with Crippen molar-refractivity contribution in [2.45, 2.75) is 13.8 Å². The van der Waals surface area contributed by atoms with Crippen molar-refractivity contribution >= 4 is 65.6 Å². The Morgan fingerprint density at radius 3 is 1.68 bits per heavy atom. The number of nitrogens with zero attached hydrogens (tertiary/aromatic N) is 2. The first-order valence-electron chi connectivity index (χ1n) is 14.1. The SMILES string of the molecule is Cc1ccc(-n2c3ccccc3c3cc4oc5c(ccc6c7ccccc7n(-c7ccc(C)cc7)c65)c4cc32)cc1. The van der Waals surface area contributed by atoms with Gasteiger partial charge in [0.25, 0.3) is 0 Å². The molecule has 6 aromatic carbocycles. The Labute approximate surface area is 236 Å². The highest BCUT2D eigenvalue weighted by atomic mass is 16.3. The molecule has 0 unspecified atom stereocenters. The lowest BCUT2D eigenvalue weighted by Gasteiger charge is -2.08. The van der Waals surface area contributed by atoms with Crippen LogP contribution in [-0.4, -0.2) is 9.13 Å². The Balaban J connectivity index is 1.43. The highest BCUT2D eigenvalue weighted by Gasteiger charge is 2.21. The largest absolute Gasteiger partial charge is 0.454 e. The number of benzene rings is 6. The number of furan rings is 1. The summed E-state index contributed by atoms with van der Waals surface area (Å²) in [5.41, 5.74) is 11.3. The third-order valence-corrected chi connectivity index (χ3v) is 8.65. The lowest BCUT2D eigenvalue weighted by Crippen LogP contribution is -1.94. The zero-order chi connectivity index (χ0) is 27.2. The van der Waals surface area contributed by atoms with Crippen LogP contribution in [0, 0.1) is 13.8 Å². The van der Waals surface area contributed by atoms with E-state index in [0.29, 0.717) is 0 Å². The van der Waals surface area contributed by atoms with Crippen LogP contribution in [0.1, 0.15) is 11.1 Å². The van der Waals surface area contributed by atoms with Gasteiger partial charge in [-0.1, -0.05) is 77.9 Å². The molecule has 0 aliphatic rings. The second-order valence-electron chi connectivity index (χ2n) is 11.2. The molecule has 194 valence electrons. The molecule has 0 amide bonds. The second-order valence-corrected chi connectivity index (χ2v) is 11.2. The summed E-state index contributed by atoms with van der Waals surface area (Å²) in [5, 5.41) is 7.12. The van der Waals surface area contributed by atoms with E-state index >= 15 is 0 Å². The number of hydrogen-bond donors (Lipinski definition) is 0. The zero-order valence-corrected chi connectivity index (χ0v) is 22.8. The third-order valence-electron chi connectivity index (χ3n) is 8.65. The predicted octanol–water partition coefficient (Wildman–Crippen LogP) is 10.4. The standard InChI is InChI=1S/C38H26N2O/c1-23-11-15-25(16-12-23)39-33-9-5-4-8-28(33)31-22-36-32(21-35(31)39)30-20-19-29-27-7-3-6-10-34(27)40(37(29)38(30)41-36)26-17-13-24(2)14-18-26/h3-22H,1-2H3. The van der Waals surface area contributed by atoms with Gasteiger partial charge >= 0.3 is 0 Å². The van der Waals surface area contributed by atoms with E-state index in [9.17, 15) is 0 Å². The molecule has 3 aromatic heterocycles. The minimum atomic E-state index is 0.910. The van der Waals surface area contributed by atoms with E-state index in [1.807, 2.05) is 0 Å². The maximum atomic E-state index is 6.84. The molecule has 0 saturated carbocycles. The molecule has 41 heavy (non-hydrogen) atoms. The summed E-state index contributed by atoms with van der Waals surface area (Å²) in [6.07, 6.45) is 0. The van der Waals surface area contributed by atoms with E-state index in [2.05, 4.69) is 144 Å².